The topological polar surface area (TPSA) is 99.1 Å². The second-order valence-electron chi connectivity index (χ2n) is 4.64. The van der Waals surface area contributed by atoms with Crippen molar-refractivity contribution in [2.24, 2.45) is 0 Å². The van der Waals surface area contributed by atoms with Gasteiger partial charge in [-0.25, -0.2) is 14.4 Å². The third-order valence-corrected chi connectivity index (χ3v) is 1.64. The second-order valence-corrected chi connectivity index (χ2v) is 4.64. The number of carboxylic acid groups (broad SMARTS) is 1. The van der Waals surface area contributed by atoms with Gasteiger partial charge in [0.1, 0.15) is 5.60 Å². The maximum atomic E-state index is 11.3. The number of rotatable bonds is 4. The highest BCUT2D eigenvalue weighted by Crippen LogP contribution is 2.10. The van der Waals surface area contributed by atoms with Crippen LogP contribution in [0.3, 0.4) is 0 Å². The maximum absolute atomic E-state index is 11.3. The minimum Gasteiger partial charge on any atom is -0.479 e. The van der Waals surface area contributed by atoms with Gasteiger partial charge in [0.15, 0.2) is 12.2 Å². The average Bonchev–Trinajstić information content (AvgIpc) is 2.13. The highest BCUT2D eigenvalue weighted by molar-refractivity contribution is 5.81. The molecule has 0 radical (unpaired) electrons. The Balaban J connectivity index is 4.24. The summed E-state index contributed by atoms with van der Waals surface area (Å²) in [7, 11) is 0. The molecule has 104 valence electrons. The quantitative estimate of drug-likeness (QED) is 0.763. The molecule has 0 aromatic rings. The molecular formula is C11H18O7. The molecule has 2 atom stereocenters. The van der Waals surface area contributed by atoms with Crippen LogP contribution >= 0.6 is 0 Å². The normalized spacial score (nSPS) is 14.3. The number of esters is 1. The Bertz CT molecular complexity index is 329. The lowest BCUT2D eigenvalue weighted by Crippen LogP contribution is -2.34. The SMILES string of the molecule is CC(OC(=O)C(C)OC(=O)OC(C)(C)C)C(=O)O. The number of hydrogen-bond acceptors (Lipinski definition) is 6. The van der Waals surface area contributed by atoms with Crippen LogP contribution in [0.15, 0.2) is 0 Å². The standard InChI is InChI=1S/C11H18O7/c1-6(8(12)13)16-9(14)7(2)17-10(15)18-11(3,4)5/h6-7H,1-5H3,(H,12,13). The van der Waals surface area contributed by atoms with Crippen LogP contribution in [0.5, 0.6) is 0 Å². The molecule has 0 spiro atoms. The van der Waals surface area contributed by atoms with Gasteiger partial charge in [0, 0.05) is 0 Å². The van der Waals surface area contributed by atoms with Gasteiger partial charge in [0.25, 0.3) is 0 Å². The summed E-state index contributed by atoms with van der Waals surface area (Å²) in [6.07, 6.45) is -3.56. The zero-order valence-electron chi connectivity index (χ0n) is 11.1. The molecule has 7 nitrogen and oxygen atoms in total. The maximum Gasteiger partial charge on any atom is 0.509 e. The van der Waals surface area contributed by atoms with Gasteiger partial charge < -0.3 is 19.3 Å². The Morgan fingerprint density at radius 1 is 1.00 bits per heavy atom. The Morgan fingerprint density at radius 2 is 1.50 bits per heavy atom. The highest BCUT2D eigenvalue weighted by Gasteiger charge is 2.26. The van der Waals surface area contributed by atoms with E-state index in [1.54, 1.807) is 20.8 Å². The summed E-state index contributed by atoms with van der Waals surface area (Å²) < 4.78 is 14.0. The lowest BCUT2D eigenvalue weighted by Gasteiger charge is -2.20. The van der Waals surface area contributed by atoms with Crippen molar-refractivity contribution < 1.29 is 33.7 Å². The summed E-state index contributed by atoms with van der Waals surface area (Å²) in [6.45, 7) is 7.39. The monoisotopic (exact) mass is 262 g/mol. The van der Waals surface area contributed by atoms with E-state index in [1.165, 1.54) is 13.8 Å². The van der Waals surface area contributed by atoms with Crippen molar-refractivity contribution in [3.05, 3.63) is 0 Å². The van der Waals surface area contributed by atoms with Crippen molar-refractivity contribution in [1.29, 1.82) is 0 Å². The first kappa shape index (κ1) is 16.2. The van der Waals surface area contributed by atoms with Crippen LogP contribution in [0.4, 0.5) is 4.79 Å². The van der Waals surface area contributed by atoms with E-state index in [0.717, 1.165) is 0 Å². The molecule has 1 N–H and O–H groups in total. The van der Waals surface area contributed by atoms with Crippen LogP contribution in [0.2, 0.25) is 0 Å². The number of carbonyl (C=O) groups is 3. The first-order valence-electron chi connectivity index (χ1n) is 5.36. The van der Waals surface area contributed by atoms with Crippen molar-refractivity contribution in [3.8, 4) is 0 Å². The third-order valence-electron chi connectivity index (χ3n) is 1.64. The van der Waals surface area contributed by atoms with E-state index in [9.17, 15) is 14.4 Å². The van der Waals surface area contributed by atoms with E-state index in [1.807, 2.05) is 0 Å². The molecule has 2 unspecified atom stereocenters. The Kier molecular flexibility index (Phi) is 5.61. The fourth-order valence-electron chi connectivity index (χ4n) is 0.787. The first-order valence-corrected chi connectivity index (χ1v) is 5.36. The predicted molar refractivity (Wildman–Crippen MR) is 60.0 cm³/mol. The molecule has 0 aromatic carbocycles. The van der Waals surface area contributed by atoms with Crippen LogP contribution in [-0.2, 0) is 23.8 Å². The zero-order valence-corrected chi connectivity index (χ0v) is 11.1. The van der Waals surface area contributed by atoms with E-state index in [0.29, 0.717) is 0 Å². The summed E-state index contributed by atoms with van der Waals surface area (Å²) >= 11 is 0. The van der Waals surface area contributed by atoms with Gasteiger partial charge in [0.05, 0.1) is 0 Å². The van der Waals surface area contributed by atoms with Crippen molar-refractivity contribution in [3.63, 3.8) is 0 Å². The largest absolute Gasteiger partial charge is 0.509 e. The minimum atomic E-state index is -1.30. The average molecular weight is 262 g/mol. The van der Waals surface area contributed by atoms with Gasteiger partial charge in [-0.15, -0.1) is 0 Å². The van der Waals surface area contributed by atoms with Gasteiger partial charge >= 0.3 is 18.1 Å². The van der Waals surface area contributed by atoms with Gasteiger partial charge in [-0.05, 0) is 34.6 Å². The van der Waals surface area contributed by atoms with Crippen molar-refractivity contribution >= 4 is 18.1 Å². The Labute approximate surface area is 105 Å². The van der Waals surface area contributed by atoms with Crippen LogP contribution in [-0.4, -0.2) is 41.0 Å². The summed E-state index contributed by atoms with van der Waals surface area (Å²) in [5.41, 5.74) is -0.741. The molecule has 0 aliphatic rings. The van der Waals surface area contributed by atoms with Crippen LogP contribution in [0.1, 0.15) is 34.6 Å². The lowest BCUT2D eigenvalue weighted by atomic mass is 10.2. The molecule has 0 heterocycles. The third kappa shape index (κ3) is 6.72. The molecule has 18 heavy (non-hydrogen) atoms. The number of aliphatic carboxylic acids is 1. The van der Waals surface area contributed by atoms with Crippen molar-refractivity contribution in [2.45, 2.75) is 52.4 Å². The molecule has 0 aliphatic heterocycles. The van der Waals surface area contributed by atoms with E-state index < -0.39 is 35.9 Å². The fraction of sp³-hybridized carbons (Fsp3) is 0.727. The molecule has 0 aromatic heterocycles. The molecule has 0 rings (SSSR count). The molecule has 0 aliphatic carbocycles. The van der Waals surface area contributed by atoms with Gasteiger partial charge in [-0.2, -0.15) is 0 Å². The number of carboxylic acids is 1. The molecular weight excluding hydrogens is 244 g/mol. The van der Waals surface area contributed by atoms with E-state index in [-0.39, 0.29) is 0 Å². The van der Waals surface area contributed by atoms with Gasteiger partial charge in [-0.3, -0.25) is 0 Å². The smallest absolute Gasteiger partial charge is 0.479 e. The van der Waals surface area contributed by atoms with Gasteiger partial charge in [0.2, 0.25) is 0 Å². The van der Waals surface area contributed by atoms with E-state index >= 15 is 0 Å². The lowest BCUT2D eigenvalue weighted by molar-refractivity contribution is -0.169. The van der Waals surface area contributed by atoms with E-state index in [2.05, 4.69) is 9.47 Å². The Hall–Kier alpha value is -1.79. The summed E-state index contributed by atoms with van der Waals surface area (Å²) in [4.78, 5) is 33.0. The fourth-order valence-corrected chi connectivity index (χ4v) is 0.787. The van der Waals surface area contributed by atoms with E-state index in [4.69, 9.17) is 9.84 Å². The minimum absolute atomic E-state index is 0.741. The van der Waals surface area contributed by atoms with Crippen LogP contribution < -0.4 is 0 Å². The van der Waals surface area contributed by atoms with Crippen LogP contribution in [0, 0.1) is 0 Å². The van der Waals surface area contributed by atoms with Crippen molar-refractivity contribution in [1.82, 2.24) is 0 Å². The molecule has 0 bridgehead atoms. The summed E-state index contributed by atoms with van der Waals surface area (Å²) in [5, 5.41) is 8.54. The second kappa shape index (κ2) is 6.23. The molecule has 0 fully saturated rings. The zero-order chi connectivity index (χ0) is 14.5. The molecule has 0 saturated carbocycles. The number of hydrogen-bond donors (Lipinski definition) is 1. The number of ether oxygens (including phenoxy) is 3. The Morgan fingerprint density at radius 3 is 1.89 bits per heavy atom. The summed E-state index contributed by atoms with van der Waals surface area (Å²) in [5.74, 6) is -2.23. The molecule has 7 heteroatoms. The molecule has 0 saturated heterocycles. The van der Waals surface area contributed by atoms with Crippen LogP contribution in [0.25, 0.3) is 0 Å². The molecule has 0 amide bonds. The summed E-state index contributed by atoms with van der Waals surface area (Å²) in [6, 6.07) is 0. The number of carbonyl (C=O) groups excluding carboxylic acids is 2. The predicted octanol–water partition coefficient (Wildman–Crippen LogP) is 1.34. The van der Waals surface area contributed by atoms with Crippen molar-refractivity contribution in [2.75, 3.05) is 0 Å². The van der Waals surface area contributed by atoms with Gasteiger partial charge in [-0.1, -0.05) is 0 Å². The highest BCUT2D eigenvalue weighted by atomic mass is 16.7. The first-order chi connectivity index (χ1) is 8.03.